The average molecular weight is 398 g/mol. The first-order valence-corrected chi connectivity index (χ1v) is 7.66. The quantitative estimate of drug-likeness (QED) is 0.436. The molecule has 8 nitrogen and oxygen atoms in total. The van der Waals surface area contributed by atoms with Crippen molar-refractivity contribution in [1.29, 1.82) is 0 Å². The number of anilines is 1. The van der Waals surface area contributed by atoms with E-state index in [0.717, 1.165) is 12.1 Å². The highest BCUT2D eigenvalue weighted by Crippen LogP contribution is 2.31. The van der Waals surface area contributed by atoms with E-state index in [0.29, 0.717) is 6.07 Å². The van der Waals surface area contributed by atoms with Crippen molar-refractivity contribution in [1.82, 2.24) is 0 Å². The van der Waals surface area contributed by atoms with E-state index in [2.05, 4.69) is 10.1 Å². The molecule has 1 N–H and O–H groups in total. The first-order valence-electron chi connectivity index (χ1n) is 7.66. The summed E-state index contributed by atoms with van der Waals surface area (Å²) in [6.07, 6.45) is -4.56. The molecule has 0 heterocycles. The Hall–Kier alpha value is -3.63. The predicted octanol–water partition coefficient (Wildman–Crippen LogP) is 3.17. The number of nitrogens with zero attached hydrogens (tertiary/aromatic N) is 1. The summed E-state index contributed by atoms with van der Waals surface area (Å²) < 4.78 is 47.3. The summed E-state index contributed by atoms with van der Waals surface area (Å²) in [5.41, 5.74) is -1.36. The minimum Gasteiger partial charge on any atom is -0.482 e. The van der Waals surface area contributed by atoms with Gasteiger partial charge in [-0.1, -0.05) is 18.2 Å². The monoisotopic (exact) mass is 398 g/mol. The first kappa shape index (κ1) is 20.7. The number of alkyl halides is 3. The standard InChI is InChI=1S/C17H13F3N2O6/c18-17(19,20)11-4-3-5-12(8-11)27-10-16(24)28-9-15(23)21-13-6-1-2-7-14(13)22(25)26/h1-8H,9-10H2,(H,21,23). The number of nitro groups is 1. The SMILES string of the molecule is O=C(COC(=O)COc1cccc(C(F)(F)F)c1)Nc1ccccc1[N+](=O)[O-]. The van der Waals surface area contributed by atoms with Gasteiger partial charge in [0.25, 0.3) is 11.6 Å². The second-order valence-electron chi connectivity index (χ2n) is 5.30. The van der Waals surface area contributed by atoms with Crippen LogP contribution >= 0.6 is 0 Å². The molecule has 0 unspecified atom stereocenters. The molecule has 0 aliphatic rings. The Bertz CT molecular complexity index is 885. The lowest BCUT2D eigenvalue weighted by atomic mass is 10.2. The fourth-order valence-electron chi connectivity index (χ4n) is 2.02. The van der Waals surface area contributed by atoms with Gasteiger partial charge in [-0.3, -0.25) is 14.9 Å². The summed E-state index contributed by atoms with van der Waals surface area (Å²) in [4.78, 5) is 33.5. The number of esters is 1. The van der Waals surface area contributed by atoms with Crippen LogP contribution in [0.5, 0.6) is 5.75 Å². The summed E-state index contributed by atoms with van der Waals surface area (Å²) in [6.45, 7) is -1.48. The molecule has 0 bridgehead atoms. The number of carbonyl (C=O) groups is 2. The molecule has 0 aliphatic heterocycles. The van der Waals surface area contributed by atoms with Gasteiger partial charge in [-0.2, -0.15) is 13.2 Å². The molecule has 0 saturated heterocycles. The van der Waals surface area contributed by atoms with E-state index < -0.39 is 41.8 Å². The number of hydrogen-bond donors (Lipinski definition) is 1. The summed E-state index contributed by atoms with van der Waals surface area (Å²) in [5, 5.41) is 13.1. The zero-order valence-corrected chi connectivity index (χ0v) is 14.1. The van der Waals surface area contributed by atoms with Gasteiger partial charge in [0.15, 0.2) is 13.2 Å². The predicted molar refractivity (Wildman–Crippen MR) is 89.6 cm³/mol. The maximum Gasteiger partial charge on any atom is 0.416 e. The Morgan fingerprint density at radius 2 is 1.79 bits per heavy atom. The molecular formula is C17H13F3N2O6. The molecule has 11 heteroatoms. The van der Waals surface area contributed by atoms with Crippen LogP contribution in [0.3, 0.4) is 0 Å². The van der Waals surface area contributed by atoms with Crippen molar-refractivity contribution in [3.05, 3.63) is 64.2 Å². The van der Waals surface area contributed by atoms with E-state index in [9.17, 15) is 32.9 Å². The van der Waals surface area contributed by atoms with Gasteiger partial charge in [0, 0.05) is 6.07 Å². The highest BCUT2D eigenvalue weighted by molar-refractivity contribution is 5.94. The van der Waals surface area contributed by atoms with Gasteiger partial charge in [0.05, 0.1) is 10.5 Å². The number of nitrogens with one attached hydrogen (secondary N) is 1. The highest BCUT2D eigenvalue weighted by Gasteiger charge is 2.30. The maximum atomic E-state index is 12.6. The van der Waals surface area contributed by atoms with E-state index in [1.807, 2.05) is 0 Å². The molecule has 28 heavy (non-hydrogen) atoms. The summed E-state index contributed by atoms with van der Waals surface area (Å²) in [7, 11) is 0. The highest BCUT2D eigenvalue weighted by atomic mass is 19.4. The van der Waals surface area contributed by atoms with Crippen LogP contribution in [0, 0.1) is 10.1 Å². The van der Waals surface area contributed by atoms with Gasteiger partial charge >= 0.3 is 12.1 Å². The van der Waals surface area contributed by atoms with Crippen LogP contribution in [-0.4, -0.2) is 30.0 Å². The number of amides is 1. The van der Waals surface area contributed by atoms with Crippen molar-refractivity contribution in [2.45, 2.75) is 6.18 Å². The van der Waals surface area contributed by atoms with Crippen molar-refractivity contribution < 1.29 is 37.2 Å². The number of benzene rings is 2. The van der Waals surface area contributed by atoms with Crippen LogP contribution in [0.4, 0.5) is 24.5 Å². The molecule has 2 rings (SSSR count). The van der Waals surface area contributed by atoms with Crippen LogP contribution in [0.2, 0.25) is 0 Å². The third-order valence-corrected chi connectivity index (χ3v) is 3.26. The number of carbonyl (C=O) groups excluding carboxylic acids is 2. The molecule has 0 spiro atoms. The Morgan fingerprint density at radius 1 is 1.07 bits per heavy atom. The number of halogens is 3. The third kappa shape index (κ3) is 5.97. The smallest absolute Gasteiger partial charge is 0.416 e. The fraction of sp³-hybridized carbons (Fsp3) is 0.176. The summed E-state index contributed by atoms with van der Waals surface area (Å²) in [5.74, 6) is -2.03. The van der Waals surface area contributed by atoms with Crippen molar-refractivity contribution in [3.8, 4) is 5.75 Å². The molecule has 0 aliphatic carbocycles. The fourth-order valence-corrected chi connectivity index (χ4v) is 2.02. The van der Waals surface area contributed by atoms with Crippen LogP contribution in [-0.2, 0) is 20.5 Å². The molecule has 0 atom stereocenters. The van der Waals surface area contributed by atoms with Gasteiger partial charge in [-0.25, -0.2) is 4.79 Å². The Balaban J connectivity index is 1.83. The van der Waals surface area contributed by atoms with E-state index in [-0.39, 0.29) is 17.1 Å². The molecule has 0 radical (unpaired) electrons. The van der Waals surface area contributed by atoms with Crippen LogP contribution in [0.25, 0.3) is 0 Å². The maximum absolute atomic E-state index is 12.6. The zero-order chi connectivity index (χ0) is 20.7. The number of ether oxygens (including phenoxy) is 2. The van der Waals surface area contributed by atoms with Crippen molar-refractivity contribution in [2.24, 2.45) is 0 Å². The minimum absolute atomic E-state index is 0.0752. The minimum atomic E-state index is -4.56. The van der Waals surface area contributed by atoms with Gasteiger partial charge in [0.1, 0.15) is 11.4 Å². The van der Waals surface area contributed by atoms with Crippen LogP contribution in [0.15, 0.2) is 48.5 Å². The van der Waals surface area contributed by atoms with Gasteiger partial charge in [-0.05, 0) is 24.3 Å². The largest absolute Gasteiger partial charge is 0.482 e. The summed E-state index contributed by atoms with van der Waals surface area (Å²) in [6, 6.07) is 9.27. The topological polar surface area (TPSA) is 108 Å². The molecule has 0 fully saturated rings. The first-order chi connectivity index (χ1) is 13.2. The Labute approximate surface area is 156 Å². The number of nitro benzene ring substituents is 1. The second kappa shape index (κ2) is 8.84. The van der Waals surface area contributed by atoms with E-state index in [1.54, 1.807) is 0 Å². The van der Waals surface area contributed by atoms with Crippen molar-refractivity contribution in [3.63, 3.8) is 0 Å². The van der Waals surface area contributed by atoms with E-state index in [1.165, 1.54) is 30.3 Å². The van der Waals surface area contributed by atoms with Gasteiger partial charge < -0.3 is 14.8 Å². The molecule has 0 aromatic heterocycles. The zero-order valence-electron chi connectivity index (χ0n) is 14.1. The van der Waals surface area contributed by atoms with E-state index in [4.69, 9.17) is 4.74 Å². The van der Waals surface area contributed by atoms with Crippen molar-refractivity contribution in [2.75, 3.05) is 18.5 Å². The second-order valence-corrected chi connectivity index (χ2v) is 5.30. The van der Waals surface area contributed by atoms with Crippen LogP contribution < -0.4 is 10.1 Å². The normalized spacial score (nSPS) is 10.8. The molecular weight excluding hydrogens is 385 g/mol. The average Bonchev–Trinajstić information content (AvgIpc) is 2.64. The van der Waals surface area contributed by atoms with Gasteiger partial charge in [-0.15, -0.1) is 0 Å². The third-order valence-electron chi connectivity index (χ3n) is 3.26. The number of rotatable bonds is 7. The van der Waals surface area contributed by atoms with Gasteiger partial charge in [0.2, 0.25) is 0 Å². The molecule has 0 saturated carbocycles. The molecule has 2 aromatic rings. The van der Waals surface area contributed by atoms with Crippen LogP contribution in [0.1, 0.15) is 5.56 Å². The van der Waals surface area contributed by atoms with Crippen molar-refractivity contribution >= 4 is 23.3 Å². The molecule has 2 aromatic carbocycles. The van der Waals surface area contributed by atoms with E-state index >= 15 is 0 Å². The molecule has 1 amide bonds. The Kier molecular flexibility index (Phi) is 6.53. The number of hydrogen-bond acceptors (Lipinski definition) is 6. The lowest BCUT2D eigenvalue weighted by molar-refractivity contribution is -0.383. The summed E-state index contributed by atoms with van der Waals surface area (Å²) >= 11 is 0. The lowest BCUT2D eigenvalue weighted by Crippen LogP contribution is -2.24. The Morgan fingerprint density at radius 3 is 2.46 bits per heavy atom. The lowest BCUT2D eigenvalue weighted by Gasteiger charge is -2.10. The molecule has 148 valence electrons. The number of para-hydroxylation sites is 2.